The highest BCUT2D eigenvalue weighted by atomic mass is 19.1. The number of rotatable bonds is 4. The predicted molar refractivity (Wildman–Crippen MR) is 58.1 cm³/mol. The second kappa shape index (κ2) is 4.53. The predicted octanol–water partition coefficient (Wildman–Crippen LogP) is 1.51. The SMILES string of the molecule is O=C(O)CN(C(=O)c1cccc(F)c1)C1CC1. The maximum absolute atomic E-state index is 13.0. The van der Waals surface area contributed by atoms with Crippen LogP contribution in [0.4, 0.5) is 4.39 Å². The molecule has 0 radical (unpaired) electrons. The lowest BCUT2D eigenvalue weighted by molar-refractivity contribution is -0.137. The van der Waals surface area contributed by atoms with Crippen molar-refractivity contribution in [3.05, 3.63) is 35.6 Å². The molecule has 4 nitrogen and oxygen atoms in total. The molecular weight excluding hydrogens is 225 g/mol. The van der Waals surface area contributed by atoms with Crippen LogP contribution in [0.15, 0.2) is 24.3 Å². The molecule has 5 heteroatoms. The number of aliphatic carboxylic acids is 1. The van der Waals surface area contributed by atoms with E-state index in [1.165, 1.54) is 23.1 Å². The standard InChI is InChI=1S/C12H12FNO3/c13-9-3-1-2-8(6-9)12(17)14(7-11(15)16)10-4-5-10/h1-3,6,10H,4-5,7H2,(H,15,16). The second-order valence-electron chi connectivity index (χ2n) is 4.07. The van der Waals surface area contributed by atoms with E-state index < -0.39 is 17.7 Å². The fraction of sp³-hybridized carbons (Fsp3) is 0.333. The highest BCUT2D eigenvalue weighted by Gasteiger charge is 2.34. The Labute approximate surface area is 97.7 Å². The number of benzene rings is 1. The van der Waals surface area contributed by atoms with Crippen LogP contribution in [0, 0.1) is 5.82 Å². The average Bonchev–Trinajstić information content (AvgIpc) is 3.08. The topological polar surface area (TPSA) is 57.6 Å². The Kier molecular flexibility index (Phi) is 3.08. The monoisotopic (exact) mass is 237 g/mol. The first-order valence-corrected chi connectivity index (χ1v) is 5.36. The fourth-order valence-electron chi connectivity index (χ4n) is 1.69. The molecule has 1 N–H and O–H groups in total. The van der Waals surface area contributed by atoms with Gasteiger partial charge in [0, 0.05) is 11.6 Å². The molecule has 90 valence electrons. The zero-order valence-corrected chi connectivity index (χ0v) is 9.10. The summed E-state index contributed by atoms with van der Waals surface area (Å²) in [6.07, 6.45) is 1.63. The second-order valence-corrected chi connectivity index (χ2v) is 4.07. The van der Waals surface area contributed by atoms with Gasteiger partial charge in [0.1, 0.15) is 12.4 Å². The number of nitrogens with zero attached hydrogens (tertiary/aromatic N) is 1. The lowest BCUT2D eigenvalue weighted by atomic mass is 10.2. The van der Waals surface area contributed by atoms with E-state index >= 15 is 0 Å². The van der Waals surface area contributed by atoms with Gasteiger partial charge in [-0.05, 0) is 31.0 Å². The molecule has 1 aliphatic carbocycles. The molecule has 0 spiro atoms. The molecule has 0 unspecified atom stereocenters. The average molecular weight is 237 g/mol. The third-order valence-corrected chi connectivity index (χ3v) is 2.63. The molecule has 0 aliphatic heterocycles. The summed E-state index contributed by atoms with van der Waals surface area (Å²) in [6, 6.07) is 5.29. The third kappa shape index (κ3) is 2.81. The van der Waals surface area contributed by atoms with Crippen LogP contribution < -0.4 is 0 Å². The Balaban J connectivity index is 2.18. The lowest BCUT2D eigenvalue weighted by Crippen LogP contribution is -2.37. The molecule has 0 aromatic heterocycles. The Hall–Kier alpha value is -1.91. The van der Waals surface area contributed by atoms with E-state index in [0.29, 0.717) is 0 Å². The first kappa shape index (κ1) is 11.6. The van der Waals surface area contributed by atoms with Gasteiger partial charge in [-0.15, -0.1) is 0 Å². The first-order valence-electron chi connectivity index (χ1n) is 5.36. The van der Waals surface area contributed by atoms with Crippen molar-refractivity contribution in [3.8, 4) is 0 Å². The molecule has 1 amide bonds. The summed E-state index contributed by atoms with van der Waals surface area (Å²) in [6.45, 7) is -0.333. The van der Waals surface area contributed by atoms with E-state index in [9.17, 15) is 14.0 Å². The molecule has 17 heavy (non-hydrogen) atoms. The van der Waals surface area contributed by atoms with E-state index in [-0.39, 0.29) is 18.2 Å². The number of carbonyl (C=O) groups is 2. The fourth-order valence-corrected chi connectivity index (χ4v) is 1.69. The summed E-state index contributed by atoms with van der Waals surface area (Å²) in [4.78, 5) is 24.0. The number of carbonyl (C=O) groups excluding carboxylic acids is 1. The van der Waals surface area contributed by atoms with Gasteiger partial charge in [-0.1, -0.05) is 6.07 Å². The maximum atomic E-state index is 13.0. The summed E-state index contributed by atoms with van der Waals surface area (Å²) in [5, 5.41) is 8.74. The molecule has 1 aromatic carbocycles. The van der Waals surface area contributed by atoms with E-state index in [4.69, 9.17) is 5.11 Å². The van der Waals surface area contributed by atoms with Crippen LogP contribution in [-0.4, -0.2) is 34.5 Å². The molecule has 0 heterocycles. The van der Waals surface area contributed by atoms with Gasteiger partial charge in [-0.25, -0.2) is 4.39 Å². The van der Waals surface area contributed by atoms with Crippen LogP contribution in [0.25, 0.3) is 0 Å². The summed E-state index contributed by atoms with van der Waals surface area (Å²) in [5.74, 6) is -1.97. The molecule has 1 fully saturated rings. The molecular formula is C12H12FNO3. The zero-order valence-electron chi connectivity index (χ0n) is 9.10. The van der Waals surface area contributed by atoms with Crippen molar-refractivity contribution in [1.82, 2.24) is 4.90 Å². The Morgan fingerprint density at radius 1 is 1.41 bits per heavy atom. The van der Waals surface area contributed by atoms with Crippen molar-refractivity contribution in [2.45, 2.75) is 18.9 Å². The van der Waals surface area contributed by atoms with Gasteiger partial charge in [0.25, 0.3) is 5.91 Å². The molecule has 1 aromatic rings. The van der Waals surface area contributed by atoms with Gasteiger partial charge < -0.3 is 10.0 Å². The van der Waals surface area contributed by atoms with Crippen molar-refractivity contribution in [3.63, 3.8) is 0 Å². The third-order valence-electron chi connectivity index (χ3n) is 2.63. The van der Waals surface area contributed by atoms with Crippen LogP contribution in [0.3, 0.4) is 0 Å². The van der Waals surface area contributed by atoms with Crippen LogP contribution in [-0.2, 0) is 4.79 Å². The Bertz CT molecular complexity index is 457. The van der Waals surface area contributed by atoms with Gasteiger partial charge in [0.15, 0.2) is 0 Å². The molecule has 1 aliphatic rings. The van der Waals surface area contributed by atoms with Crippen LogP contribution in [0.5, 0.6) is 0 Å². The summed E-state index contributed by atoms with van der Waals surface area (Å²) < 4.78 is 13.0. The number of hydrogen-bond acceptors (Lipinski definition) is 2. The van der Waals surface area contributed by atoms with E-state index in [1.807, 2.05) is 0 Å². The molecule has 0 atom stereocenters. The zero-order chi connectivity index (χ0) is 12.4. The highest BCUT2D eigenvalue weighted by molar-refractivity contribution is 5.96. The number of halogens is 1. The van der Waals surface area contributed by atoms with E-state index in [2.05, 4.69) is 0 Å². The van der Waals surface area contributed by atoms with Crippen LogP contribution >= 0.6 is 0 Å². The van der Waals surface area contributed by atoms with Crippen LogP contribution in [0.2, 0.25) is 0 Å². The van der Waals surface area contributed by atoms with Gasteiger partial charge in [0.2, 0.25) is 0 Å². The van der Waals surface area contributed by atoms with Crippen molar-refractivity contribution in [2.24, 2.45) is 0 Å². The highest BCUT2D eigenvalue weighted by Crippen LogP contribution is 2.28. The normalized spacial score (nSPS) is 14.4. The maximum Gasteiger partial charge on any atom is 0.323 e. The van der Waals surface area contributed by atoms with Crippen molar-refractivity contribution < 1.29 is 19.1 Å². The number of hydrogen-bond donors (Lipinski definition) is 1. The van der Waals surface area contributed by atoms with Gasteiger partial charge in [-0.2, -0.15) is 0 Å². The quantitative estimate of drug-likeness (QED) is 0.863. The molecule has 0 bridgehead atoms. The largest absolute Gasteiger partial charge is 0.480 e. The first-order chi connectivity index (χ1) is 8.08. The Morgan fingerprint density at radius 2 is 2.12 bits per heavy atom. The lowest BCUT2D eigenvalue weighted by Gasteiger charge is -2.20. The molecule has 0 saturated heterocycles. The summed E-state index contributed by atoms with van der Waals surface area (Å²) in [5.41, 5.74) is 0.193. The number of carboxylic acid groups (broad SMARTS) is 1. The molecule has 1 saturated carbocycles. The van der Waals surface area contributed by atoms with E-state index in [0.717, 1.165) is 18.9 Å². The van der Waals surface area contributed by atoms with Gasteiger partial charge >= 0.3 is 5.97 Å². The van der Waals surface area contributed by atoms with Gasteiger partial charge in [-0.3, -0.25) is 9.59 Å². The summed E-state index contributed by atoms with van der Waals surface area (Å²) in [7, 11) is 0. The van der Waals surface area contributed by atoms with Crippen molar-refractivity contribution in [2.75, 3.05) is 6.54 Å². The summed E-state index contributed by atoms with van der Waals surface area (Å²) >= 11 is 0. The van der Waals surface area contributed by atoms with Gasteiger partial charge in [0.05, 0.1) is 0 Å². The van der Waals surface area contributed by atoms with Crippen molar-refractivity contribution in [1.29, 1.82) is 0 Å². The number of carboxylic acids is 1. The number of amides is 1. The minimum absolute atomic E-state index is 0.0122. The minimum atomic E-state index is -1.05. The van der Waals surface area contributed by atoms with Crippen LogP contribution in [0.1, 0.15) is 23.2 Å². The smallest absolute Gasteiger partial charge is 0.323 e. The Morgan fingerprint density at radius 3 is 2.65 bits per heavy atom. The molecule has 2 rings (SSSR count). The van der Waals surface area contributed by atoms with E-state index in [1.54, 1.807) is 0 Å². The minimum Gasteiger partial charge on any atom is -0.480 e. The van der Waals surface area contributed by atoms with Crippen molar-refractivity contribution >= 4 is 11.9 Å².